The summed E-state index contributed by atoms with van der Waals surface area (Å²) in [4.78, 5) is 15.3. The van der Waals surface area contributed by atoms with Gasteiger partial charge >= 0.3 is 0 Å². The molecule has 1 aromatic rings. The van der Waals surface area contributed by atoms with E-state index in [1.807, 2.05) is 0 Å². The number of Topliss-reactive ketones (excluding diaryl/α,β-unsaturated/α-hetero) is 1. The number of carbonyl (C=O) groups excluding carboxylic acids is 1. The lowest BCUT2D eigenvalue weighted by molar-refractivity contribution is 0.0977. The van der Waals surface area contributed by atoms with E-state index in [0.717, 1.165) is 18.0 Å². The minimum absolute atomic E-state index is 0.157. The van der Waals surface area contributed by atoms with Gasteiger partial charge in [-0.25, -0.2) is 0 Å². The predicted molar refractivity (Wildman–Crippen MR) is 76.7 cm³/mol. The average Bonchev–Trinajstić information content (AvgIpc) is 3.07. The second-order valence-electron chi connectivity index (χ2n) is 4.74. The molecule has 2 rings (SSSR count). The summed E-state index contributed by atoms with van der Waals surface area (Å²) in [5.41, 5.74) is 0. The summed E-state index contributed by atoms with van der Waals surface area (Å²) in [6.45, 7) is 3.39. The van der Waals surface area contributed by atoms with Crippen molar-refractivity contribution >= 4 is 17.1 Å². The molecule has 1 saturated heterocycles. The Morgan fingerprint density at radius 2 is 2.05 bits per heavy atom. The first kappa shape index (κ1) is 14.3. The van der Waals surface area contributed by atoms with Gasteiger partial charge in [-0.3, -0.25) is 4.79 Å². The molecule has 19 heavy (non-hydrogen) atoms. The zero-order valence-corrected chi connectivity index (χ0v) is 12.4. The Labute approximate surface area is 118 Å². The molecule has 0 spiro atoms. The molecule has 1 aliphatic rings. The molecular formula is C14H21NO3S. The molecule has 0 aromatic carbocycles. The van der Waals surface area contributed by atoms with E-state index in [2.05, 4.69) is 4.90 Å². The van der Waals surface area contributed by atoms with Crippen LogP contribution < -0.4 is 9.47 Å². The molecule has 5 heteroatoms. The Kier molecular flexibility index (Phi) is 5.22. The van der Waals surface area contributed by atoms with Crippen LogP contribution in [0.25, 0.3) is 0 Å². The van der Waals surface area contributed by atoms with Crippen molar-refractivity contribution in [2.24, 2.45) is 0 Å². The molecule has 0 atom stereocenters. The summed E-state index contributed by atoms with van der Waals surface area (Å²) in [7, 11) is 3.19. The Bertz CT molecular complexity index is 424. The first-order valence-electron chi connectivity index (χ1n) is 6.72. The van der Waals surface area contributed by atoms with Gasteiger partial charge in [0.25, 0.3) is 0 Å². The lowest BCUT2D eigenvalue weighted by Crippen LogP contribution is -2.20. The van der Waals surface area contributed by atoms with Crippen molar-refractivity contribution in [1.82, 2.24) is 4.90 Å². The van der Waals surface area contributed by atoms with Gasteiger partial charge in [0, 0.05) is 12.5 Å². The van der Waals surface area contributed by atoms with Crippen molar-refractivity contribution in [2.45, 2.75) is 25.7 Å². The maximum absolute atomic E-state index is 12.2. The van der Waals surface area contributed by atoms with Crippen LogP contribution in [0, 0.1) is 0 Å². The van der Waals surface area contributed by atoms with Crippen LogP contribution in [-0.4, -0.2) is 44.5 Å². The highest BCUT2D eigenvalue weighted by molar-refractivity contribution is 7.16. The van der Waals surface area contributed by atoms with Crippen LogP contribution in [-0.2, 0) is 0 Å². The van der Waals surface area contributed by atoms with Crippen molar-refractivity contribution in [3.05, 3.63) is 10.9 Å². The summed E-state index contributed by atoms with van der Waals surface area (Å²) in [5.74, 6) is 0.789. The number of ether oxygens (including phenoxy) is 2. The molecule has 0 aliphatic carbocycles. The summed E-state index contributed by atoms with van der Waals surface area (Å²) in [6, 6.07) is 1.78. The number of nitrogens with zero attached hydrogens (tertiary/aromatic N) is 1. The minimum Gasteiger partial charge on any atom is -0.495 e. The number of carbonyl (C=O) groups is 1. The summed E-state index contributed by atoms with van der Waals surface area (Å²) in [6.07, 6.45) is 4.09. The third-order valence-electron chi connectivity index (χ3n) is 3.43. The maximum Gasteiger partial charge on any atom is 0.177 e. The van der Waals surface area contributed by atoms with Gasteiger partial charge in [-0.2, -0.15) is 0 Å². The summed E-state index contributed by atoms with van der Waals surface area (Å²) in [5, 5.41) is 0.722. The molecule has 0 saturated carbocycles. The highest BCUT2D eigenvalue weighted by atomic mass is 32.1. The topological polar surface area (TPSA) is 38.8 Å². The van der Waals surface area contributed by atoms with Crippen molar-refractivity contribution in [3.8, 4) is 10.8 Å². The Morgan fingerprint density at radius 1 is 1.32 bits per heavy atom. The highest BCUT2D eigenvalue weighted by Crippen LogP contribution is 2.35. The fourth-order valence-corrected chi connectivity index (χ4v) is 3.29. The van der Waals surface area contributed by atoms with E-state index in [1.54, 1.807) is 20.3 Å². The molecule has 0 N–H and O–H groups in total. The van der Waals surface area contributed by atoms with Gasteiger partial charge < -0.3 is 14.4 Å². The number of thiophene rings is 1. The summed E-state index contributed by atoms with van der Waals surface area (Å²) >= 11 is 1.36. The van der Waals surface area contributed by atoms with Gasteiger partial charge in [0.15, 0.2) is 10.8 Å². The Hall–Kier alpha value is -1.07. The molecule has 4 nitrogen and oxygen atoms in total. The lowest BCUT2D eigenvalue weighted by Gasteiger charge is -2.13. The molecule has 1 aliphatic heterocycles. The first-order chi connectivity index (χ1) is 9.24. The number of hydrogen-bond acceptors (Lipinski definition) is 5. The second-order valence-corrected chi connectivity index (χ2v) is 5.76. The van der Waals surface area contributed by atoms with E-state index in [1.165, 1.54) is 37.3 Å². The van der Waals surface area contributed by atoms with Gasteiger partial charge in [0.05, 0.1) is 14.2 Å². The third kappa shape index (κ3) is 3.70. The molecule has 0 bridgehead atoms. The Morgan fingerprint density at radius 3 is 2.68 bits per heavy atom. The van der Waals surface area contributed by atoms with Crippen LogP contribution in [0.2, 0.25) is 0 Å². The predicted octanol–water partition coefficient (Wildman–Crippen LogP) is 2.82. The molecule has 1 aromatic heterocycles. The maximum atomic E-state index is 12.2. The molecule has 106 valence electrons. The number of hydrogen-bond donors (Lipinski definition) is 0. The largest absolute Gasteiger partial charge is 0.495 e. The minimum atomic E-state index is 0.157. The first-order valence-corrected chi connectivity index (χ1v) is 7.53. The standard InChI is InChI=1S/C14H21NO3S/c1-17-12-10-13(18-2)19-14(12)11(16)6-5-9-15-7-3-4-8-15/h10H,3-9H2,1-2H3. The second kappa shape index (κ2) is 6.91. The molecular weight excluding hydrogens is 262 g/mol. The van der Waals surface area contributed by atoms with Crippen molar-refractivity contribution in [2.75, 3.05) is 33.9 Å². The van der Waals surface area contributed by atoms with Crippen LogP contribution in [0.4, 0.5) is 0 Å². The molecule has 0 unspecified atom stereocenters. The number of rotatable bonds is 7. The fourth-order valence-electron chi connectivity index (χ4n) is 2.38. The van der Waals surface area contributed by atoms with Crippen LogP contribution in [0.15, 0.2) is 6.07 Å². The lowest BCUT2D eigenvalue weighted by atomic mass is 10.2. The van der Waals surface area contributed by atoms with E-state index in [4.69, 9.17) is 9.47 Å². The SMILES string of the molecule is COc1cc(OC)c(C(=O)CCCN2CCCC2)s1. The van der Waals surface area contributed by atoms with Crippen LogP contribution in [0.1, 0.15) is 35.4 Å². The van der Waals surface area contributed by atoms with Gasteiger partial charge in [0.2, 0.25) is 0 Å². The van der Waals surface area contributed by atoms with E-state index < -0.39 is 0 Å². The van der Waals surface area contributed by atoms with Crippen LogP contribution in [0.3, 0.4) is 0 Å². The van der Waals surface area contributed by atoms with E-state index in [-0.39, 0.29) is 5.78 Å². The molecule has 2 heterocycles. The highest BCUT2D eigenvalue weighted by Gasteiger charge is 2.18. The smallest absolute Gasteiger partial charge is 0.177 e. The van der Waals surface area contributed by atoms with Gasteiger partial charge in [0.1, 0.15) is 10.6 Å². The van der Waals surface area contributed by atoms with Gasteiger partial charge in [-0.15, -0.1) is 0 Å². The van der Waals surface area contributed by atoms with E-state index in [9.17, 15) is 4.79 Å². The zero-order chi connectivity index (χ0) is 13.7. The molecule has 1 fully saturated rings. The van der Waals surface area contributed by atoms with Gasteiger partial charge in [-0.05, 0) is 38.9 Å². The number of methoxy groups -OCH3 is 2. The van der Waals surface area contributed by atoms with Crippen molar-refractivity contribution in [3.63, 3.8) is 0 Å². The molecule has 0 radical (unpaired) electrons. The van der Waals surface area contributed by atoms with Gasteiger partial charge in [-0.1, -0.05) is 11.3 Å². The Balaban J connectivity index is 1.86. The number of likely N-dealkylation sites (tertiary alicyclic amines) is 1. The van der Waals surface area contributed by atoms with Crippen LogP contribution in [0.5, 0.6) is 10.8 Å². The van der Waals surface area contributed by atoms with Crippen LogP contribution >= 0.6 is 11.3 Å². The zero-order valence-electron chi connectivity index (χ0n) is 11.6. The average molecular weight is 283 g/mol. The van der Waals surface area contributed by atoms with E-state index >= 15 is 0 Å². The fraction of sp³-hybridized carbons (Fsp3) is 0.643. The summed E-state index contributed by atoms with van der Waals surface area (Å²) < 4.78 is 10.4. The van der Waals surface area contributed by atoms with E-state index in [0.29, 0.717) is 17.0 Å². The third-order valence-corrected chi connectivity index (χ3v) is 4.55. The van der Waals surface area contributed by atoms with Crippen molar-refractivity contribution in [1.29, 1.82) is 0 Å². The number of ketones is 1. The monoisotopic (exact) mass is 283 g/mol. The van der Waals surface area contributed by atoms with Crippen molar-refractivity contribution < 1.29 is 14.3 Å². The molecule has 0 amide bonds. The normalized spacial score (nSPS) is 15.7. The quantitative estimate of drug-likeness (QED) is 0.721.